The van der Waals surface area contributed by atoms with E-state index in [-0.39, 0.29) is 5.41 Å². The molecule has 23 heavy (non-hydrogen) atoms. The van der Waals surface area contributed by atoms with Gasteiger partial charge in [-0.15, -0.1) is 0 Å². The predicted molar refractivity (Wildman–Crippen MR) is 99.5 cm³/mol. The smallest absolute Gasteiger partial charge is 0.0367 e. The first-order valence-electron chi connectivity index (χ1n) is 8.58. The first kappa shape index (κ1) is 16.1. The third-order valence-corrected chi connectivity index (χ3v) is 5.23. The molecule has 2 aromatic carbocycles. The van der Waals surface area contributed by atoms with Gasteiger partial charge >= 0.3 is 0 Å². The van der Waals surface area contributed by atoms with Gasteiger partial charge in [-0.3, -0.25) is 0 Å². The van der Waals surface area contributed by atoms with Gasteiger partial charge < -0.3 is 9.80 Å². The van der Waals surface area contributed by atoms with Crippen molar-refractivity contribution in [3.8, 4) is 0 Å². The zero-order chi connectivity index (χ0) is 16.4. The van der Waals surface area contributed by atoms with Gasteiger partial charge in [0.15, 0.2) is 0 Å². The summed E-state index contributed by atoms with van der Waals surface area (Å²) < 4.78 is 0. The molecule has 1 aliphatic rings. The standard InChI is InChI=1S/C21H28N2/c1-17-5-7-18(8-6-17)21(2,3)19-9-11-20(12-10-19)23-15-13-22(4)14-16-23/h5-12H,13-16H2,1-4H3. The van der Waals surface area contributed by atoms with E-state index in [4.69, 9.17) is 0 Å². The van der Waals surface area contributed by atoms with Gasteiger partial charge in [0.1, 0.15) is 0 Å². The molecule has 0 aliphatic carbocycles. The zero-order valence-electron chi connectivity index (χ0n) is 14.8. The third-order valence-electron chi connectivity index (χ3n) is 5.23. The van der Waals surface area contributed by atoms with Crippen LogP contribution in [0.3, 0.4) is 0 Å². The molecule has 2 nitrogen and oxygen atoms in total. The summed E-state index contributed by atoms with van der Waals surface area (Å²) in [5, 5.41) is 0. The highest BCUT2D eigenvalue weighted by Crippen LogP contribution is 2.32. The van der Waals surface area contributed by atoms with Crippen molar-refractivity contribution in [3.05, 3.63) is 65.2 Å². The maximum atomic E-state index is 2.49. The summed E-state index contributed by atoms with van der Waals surface area (Å²) in [7, 11) is 2.20. The van der Waals surface area contributed by atoms with Crippen molar-refractivity contribution in [2.75, 3.05) is 38.1 Å². The Bertz CT molecular complexity index is 633. The Kier molecular flexibility index (Phi) is 4.45. The number of piperazine rings is 1. The lowest BCUT2D eigenvalue weighted by Gasteiger charge is -2.34. The fraction of sp³-hybridized carbons (Fsp3) is 0.429. The van der Waals surface area contributed by atoms with Crippen LogP contribution in [0.4, 0.5) is 5.69 Å². The van der Waals surface area contributed by atoms with Crippen LogP contribution in [0.25, 0.3) is 0 Å². The molecule has 0 atom stereocenters. The Morgan fingerprint density at radius 3 is 1.74 bits per heavy atom. The maximum Gasteiger partial charge on any atom is 0.0367 e. The molecule has 0 amide bonds. The Morgan fingerprint density at radius 2 is 1.22 bits per heavy atom. The minimum absolute atomic E-state index is 0.0361. The molecule has 0 N–H and O–H groups in total. The molecule has 0 radical (unpaired) electrons. The second-order valence-corrected chi connectivity index (χ2v) is 7.33. The number of anilines is 1. The summed E-state index contributed by atoms with van der Waals surface area (Å²) in [6, 6.07) is 18.1. The summed E-state index contributed by atoms with van der Waals surface area (Å²) in [6.07, 6.45) is 0. The normalized spacial score (nSPS) is 16.6. The SMILES string of the molecule is Cc1ccc(C(C)(C)c2ccc(N3CCN(C)CC3)cc2)cc1. The molecule has 0 aromatic heterocycles. The van der Waals surface area contributed by atoms with E-state index in [9.17, 15) is 0 Å². The minimum Gasteiger partial charge on any atom is -0.369 e. The van der Waals surface area contributed by atoms with Crippen LogP contribution < -0.4 is 4.90 Å². The molecule has 1 heterocycles. The number of rotatable bonds is 3. The van der Waals surface area contributed by atoms with E-state index >= 15 is 0 Å². The van der Waals surface area contributed by atoms with Crippen LogP contribution in [0.2, 0.25) is 0 Å². The maximum absolute atomic E-state index is 2.49. The molecule has 0 saturated carbocycles. The molecular weight excluding hydrogens is 280 g/mol. The van der Waals surface area contributed by atoms with Gasteiger partial charge in [-0.1, -0.05) is 55.8 Å². The van der Waals surface area contributed by atoms with Gasteiger partial charge in [-0.2, -0.15) is 0 Å². The molecular formula is C21H28N2. The van der Waals surface area contributed by atoms with Crippen molar-refractivity contribution in [1.29, 1.82) is 0 Å². The van der Waals surface area contributed by atoms with E-state index in [1.807, 2.05) is 0 Å². The Labute approximate surface area is 140 Å². The van der Waals surface area contributed by atoms with Crippen LogP contribution in [0.5, 0.6) is 0 Å². The highest BCUT2D eigenvalue weighted by atomic mass is 15.2. The molecule has 0 bridgehead atoms. The number of likely N-dealkylation sites (N-methyl/N-ethyl adjacent to an activating group) is 1. The topological polar surface area (TPSA) is 6.48 Å². The van der Waals surface area contributed by atoms with Crippen LogP contribution >= 0.6 is 0 Å². The fourth-order valence-electron chi connectivity index (χ4n) is 3.29. The third kappa shape index (κ3) is 3.42. The van der Waals surface area contributed by atoms with Crippen molar-refractivity contribution < 1.29 is 0 Å². The van der Waals surface area contributed by atoms with E-state index in [1.54, 1.807) is 0 Å². The van der Waals surface area contributed by atoms with Gasteiger partial charge in [0.2, 0.25) is 0 Å². The molecule has 122 valence electrons. The predicted octanol–water partition coefficient (Wildman–Crippen LogP) is 4.07. The highest BCUT2D eigenvalue weighted by Gasteiger charge is 2.23. The van der Waals surface area contributed by atoms with Crippen LogP contribution in [0, 0.1) is 6.92 Å². The molecule has 1 fully saturated rings. The van der Waals surface area contributed by atoms with Crippen molar-refractivity contribution in [2.24, 2.45) is 0 Å². The summed E-state index contributed by atoms with van der Waals surface area (Å²) >= 11 is 0. The van der Waals surface area contributed by atoms with Crippen LogP contribution in [-0.4, -0.2) is 38.1 Å². The van der Waals surface area contributed by atoms with E-state index in [2.05, 4.69) is 86.1 Å². The molecule has 0 spiro atoms. The quantitative estimate of drug-likeness (QED) is 0.843. The Hall–Kier alpha value is -1.80. The van der Waals surface area contributed by atoms with Gasteiger partial charge in [0, 0.05) is 37.3 Å². The molecule has 2 heteroatoms. The van der Waals surface area contributed by atoms with Crippen LogP contribution in [0.1, 0.15) is 30.5 Å². The molecule has 1 saturated heterocycles. The van der Waals surface area contributed by atoms with E-state index < -0.39 is 0 Å². The summed E-state index contributed by atoms with van der Waals surface area (Å²) in [5.41, 5.74) is 5.44. The second-order valence-electron chi connectivity index (χ2n) is 7.33. The number of aryl methyl sites for hydroxylation is 1. The largest absolute Gasteiger partial charge is 0.369 e. The fourth-order valence-corrected chi connectivity index (χ4v) is 3.29. The number of hydrogen-bond donors (Lipinski definition) is 0. The van der Waals surface area contributed by atoms with Crippen LogP contribution in [0.15, 0.2) is 48.5 Å². The minimum atomic E-state index is 0.0361. The average molecular weight is 308 g/mol. The van der Waals surface area contributed by atoms with Gasteiger partial charge in [-0.25, -0.2) is 0 Å². The van der Waals surface area contributed by atoms with E-state index in [0.717, 1.165) is 26.2 Å². The molecule has 1 aliphatic heterocycles. The Morgan fingerprint density at radius 1 is 0.739 bits per heavy atom. The lowest BCUT2D eigenvalue weighted by molar-refractivity contribution is 0.313. The first-order chi connectivity index (χ1) is 11.0. The Balaban J connectivity index is 1.79. The summed E-state index contributed by atoms with van der Waals surface area (Å²) in [5.74, 6) is 0. The van der Waals surface area contributed by atoms with Gasteiger partial charge in [0.05, 0.1) is 0 Å². The number of nitrogens with zero attached hydrogens (tertiary/aromatic N) is 2. The lowest BCUT2D eigenvalue weighted by Crippen LogP contribution is -2.44. The van der Waals surface area contributed by atoms with Crippen molar-refractivity contribution >= 4 is 5.69 Å². The summed E-state index contributed by atoms with van der Waals surface area (Å²) in [6.45, 7) is 11.3. The monoisotopic (exact) mass is 308 g/mol. The summed E-state index contributed by atoms with van der Waals surface area (Å²) in [4.78, 5) is 4.88. The zero-order valence-corrected chi connectivity index (χ0v) is 14.8. The average Bonchev–Trinajstić information content (AvgIpc) is 2.56. The lowest BCUT2D eigenvalue weighted by atomic mass is 9.78. The number of benzene rings is 2. The van der Waals surface area contributed by atoms with Crippen LogP contribution in [-0.2, 0) is 5.41 Å². The van der Waals surface area contributed by atoms with Gasteiger partial charge in [-0.05, 0) is 37.2 Å². The van der Waals surface area contributed by atoms with Crippen molar-refractivity contribution in [3.63, 3.8) is 0 Å². The first-order valence-corrected chi connectivity index (χ1v) is 8.58. The molecule has 3 rings (SSSR count). The number of hydrogen-bond acceptors (Lipinski definition) is 2. The molecule has 0 unspecified atom stereocenters. The van der Waals surface area contributed by atoms with Gasteiger partial charge in [0.25, 0.3) is 0 Å². The molecule has 2 aromatic rings. The van der Waals surface area contributed by atoms with E-state index in [1.165, 1.54) is 22.4 Å². The highest BCUT2D eigenvalue weighted by molar-refractivity contribution is 5.50. The second kappa shape index (κ2) is 6.37. The van der Waals surface area contributed by atoms with Crippen molar-refractivity contribution in [2.45, 2.75) is 26.2 Å². The van der Waals surface area contributed by atoms with E-state index in [0.29, 0.717) is 0 Å². The van der Waals surface area contributed by atoms with Crippen molar-refractivity contribution in [1.82, 2.24) is 4.90 Å².